The van der Waals surface area contributed by atoms with Gasteiger partial charge < -0.3 is 21.7 Å². The molecule has 0 saturated carbocycles. The van der Waals surface area contributed by atoms with E-state index in [4.69, 9.17) is 5.73 Å². The van der Waals surface area contributed by atoms with Crippen LogP contribution >= 0.6 is 12.4 Å². The number of carbonyl (C=O) groups excluding carboxylic acids is 3. The molecule has 9 heteroatoms. The normalized spacial score (nSPS) is 11.3. The summed E-state index contributed by atoms with van der Waals surface area (Å²) in [5.74, 6) is -1.43. The summed E-state index contributed by atoms with van der Waals surface area (Å²) in [6.45, 7) is 3.92. The molecule has 146 valence electrons. The summed E-state index contributed by atoms with van der Waals surface area (Å²) in [6.07, 6.45) is 0.0643. The van der Waals surface area contributed by atoms with E-state index in [2.05, 4.69) is 16.0 Å². The zero-order chi connectivity index (χ0) is 18.8. The maximum atomic E-state index is 13.0. The van der Waals surface area contributed by atoms with Crippen LogP contribution in [0.25, 0.3) is 0 Å². The van der Waals surface area contributed by atoms with E-state index in [9.17, 15) is 18.8 Å². The standard InChI is InChI=1S/C17H25FN4O3.ClH/c1-11(2)16(19)17(25)22-10-15(24)21-7-6-20-14(23)9-12-4-3-5-13(18)8-12;/h3-5,8,11,16H,6-7,9-10,19H2,1-2H3,(H,20,23)(H,21,24)(H,22,25);1H/t16-;/m0./s1. The van der Waals surface area contributed by atoms with Gasteiger partial charge in [0.2, 0.25) is 17.7 Å². The average molecular weight is 389 g/mol. The molecule has 0 aliphatic carbocycles. The van der Waals surface area contributed by atoms with Gasteiger partial charge in [-0.2, -0.15) is 0 Å². The van der Waals surface area contributed by atoms with Crippen molar-refractivity contribution in [3.8, 4) is 0 Å². The van der Waals surface area contributed by atoms with Gasteiger partial charge in [0.25, 0.3) is 0 Å². The van der Waals surface area contributed by atoms with Crippen LogP contribution in [0.5, 0.6) is 0 Å². The molecule has 26 heavy (non-hydrogen) atoms. The van der Waals surface area contributed by atoms with Crippen LogP contribution in [0.4, 0.5) is 4.39 Å². The molecule has 0 aliphatic rings. The minimum Gasteiger partial charge on any atom is -0.354 e. The molecule has 0 aliphatic heterocycles. The number of rotatable bonds is 9. The topological polar surface area (TPSA) is 113 Å². The molecule has 1 rings (SSSR count). The van der Waals surface area contributed by atoms with E-state index in [1.54, 1.807) is 6.07 Å². The summed E-state index contributed by atoms with van der Waals surface area (Å²) >= 11 is 0. The molecular formula is C17H26ClFN4O3. The highest BCUT2D eigenvalue weighted by atomic mass is 35.5. The van der Waals surface area contributed by atoms with Gasteiger partial charge in [-0.15, -0.1) is 12.4 Å². The van der Waals surface area contributed by atoms with E-state index in [1.807, 2.05) is 13.8 Å². The Kier molecular flexibility index (Phi) is 11.2. The van der Waals surface area contributed by atoms with Crippen LogP contribution in [0.2, 0.25) is 0 Å². The highest BCUT2D eigenvalue weighted by molar-refractivity contribution is 5.87. The molecule has 5 N–H and O–H groups in total. The van der Waals surface area contributed by atoms with E-state index < -0.39 is 11.9 Å². The van der Waals surface area contributed by atoms with E-state index >= 15 is 0 Å². The van der Waals surface area contributed by atoms with Crippen molar-refractivity contribution < 1.29 is 18.8 Å². The first-order chi connectivity index (χ1) is 11.8. The van der Waals surface area contributed by atoms with Gasteiger partial charge in [-0.05, 0) is 23.6 Å². The molecule has 0 heterocycles. The highest BCUT2D eigenvalue weighted by Crippen LogP contribution is 2.03. The number of nitrogens with one attached hydrogen (secondary N) is 3. The highest BCUT2D eigenvalue weighted by Gasteiger charge is 2.17. The Hall–Kier alpha value is -2.19. The number of carbonyl (C=O) groups is 3. The largest absolute Gasteiger partial charge is 0.354 e. The lowest BCUT2D eigenvalue weighted by Gasteiger charge is -2.15. The molecule has 0 unspecified atom stereocenters. The molecule has 1 atom stereocenters. The lowest BCUT2D eigenvalue weighted by Crippen LogP contribution is -2.47. The first-order valence-electron chi connectivity index (χ1n) is 8.10. The molecule has 0 radical (unpaired) electrons. The molecule has 7 nitrogen and oxygen atoms in total. The number of hydrogen-bond donors (Lipinski definition) is 4. The van der Waals surface area contributed by atoms with Gasteiger partial charge >= 0.3 is 0 Å². The Bertz CT molecular complexity index is 613. The maximum Gasteiger partial charge on any atom is 0.239 e. The summed E-state index contributed by atoms with van der Waals surface area (Å²) in [6, 6.07) is 5.15. The average Bonchev–Trinajstić information content (AvgIpc) is 2.55. The molecule has 0 fully saturated rings. The van der Waals surface area contributed by atoms with Crippen LogP contribution < -0.4 is 21.7 Å². The second-order valence-corrected chi connectivity index (χ2v) is 5.99. The summed E-state index contributed by atoms with van der Waals surface area (Å²) in [7, 11) is 0. The predicted octanol–water partition coefficient (Wildman–Crippen LogP) is 0.122. The van der Waals surface area contributed by atoms with Gasteiger partial charge in [0.05, 0.1) is 19.0 Å². The minimum absolute atomic E-state index is 0. The van der Waals surface area contributed by atoms with Crippen LogP contribution in [0.3, 0.4) is 0 Å². The van der Waals surface area contributed by atoms with Crippen LogP contribution in [-0.2, 0) is 20.8 Å². The number of hydrogen-bond acceptors (Lipinski definition) is 4. The number of halogens is 2. The quantitative estimate of drug-likeness (QED) is 0.450. The Morgan fingerprint density at radius 3 is 2.27 bits per heavy atom. The van der Waals surface area contributed by atoms with E-state index in [1.165, 1.54) is 18.2 Å². The molecule has 1 aromatic rings. The summed E-state index contributed by atoms with van der Waals surface area (Å²) in [5.41, 5.74) is 6.23. The van der Waals surface area contributed by atoms with Gasteiger partial charge in [0.15, 0.2) is 0 Å². The van der Waals surface area contributed by atoms with E-state index in [0.717, 1.165) is 0 Å². The van der Waals surface area contributed by atoms with Crippen molar-refractivity contribution in [3.63, 3.8) is 0 Å². The van der Waals surface area contributed by atoms with Crippen molar-refractivity contribution in [1.82, 2.24) is 16.0 Å². The van der Waals surface area contributed by atoms with Crippen molar-refractivity contribution >= 4 is 30.1 Å². The zero-order valence-corrected chi connectivity index (χ0v) is 15.7. The smallest absolute Gasteiger partial charge is 0.239 e. The van der Waals surface area contributed by atoms with Crippen molar-refractivity contribution in [2.45, 2.75) is 26.3 Å². The summed E-state index contributed by atoms with van der Waals surface area (Å²) in [5, 5.41) is 7.64. The Morgan fingerprint density at radius 1 is 1.08 bits per heavy atom. The third-order valence-corrected chi connectivity index (χ3v) is 3.47. The lowest BCUT2D eigenvalue weighted by atomic mass is 10.1. The Morgan fingerprint density at radius 2 is 1.69 bits per heavy atom. The number of nitrogens with two attached hydrogens (primary N) is 1. The molecule has 1 aromatic carbocycles. The van der Waals surface area contributed by atoms with Crippen molar-refractivity contribution in [1.29, 1.82) is 0 Å². The van der Waals surface area contributed by atoms with Crippen molar-refractivity contribution in [2.75, 3.05) is 19.6 Å². The van der Waals surface area contributed by atoms with Gasteiger partial charge in [-0.3, -0.25) is 14.4 Å². The van der Waals surface area contributed by atoms with Crippen molar-refractivity contribution in [3.05, 3.63) is 35.6 Å². The fraction of sp³-hybridized carbons (Fsp3) is 0.471. The Balaban J connectivity index is 0.00000625. The first-order valence-corrected chi connectivity index (χ1v) is 8.10. The molecular weight excluding hydrogens is 363 g/mol. The van der Waals surface area contributed by atoms with E-state index in [0.29, 0.717) is 5.56 Å². The van der Waals surface area contributed by atoms with Crippen molar-refractivity contribution in [2.24, 2.45) is 11.7 Å². The fourth-order valence-corrected chi connectivity index (χ4v) is 1.95. The fourth-order valence-electron chi connectivity index (χ4n) is 1.95. The van der Waals surface area contributed by atoms with Crippen LogP contribution in [0.1, 0.15) is 19.4 Å². The molecule has 0 bridgehead atoms. The predicted molar refractivity (Wildman–Crippen MR) is 99.2 cm³/mol. The minimum atomic E-state index is -0.657. The van der Waals surface area contributed by atoms with Crippen LogP contribution in [0, 0.1) is 11.7 Å². The van der Waals surface area contributed by atoms with Gasteiger partial charge in [-0.1, -0.05) is 26.0 Å². The monoisotopic (exact) mass is 388 g/mol. The van der Waals surface area contributed by atoms with E-state index in [-0.39, 0.29) is 62.1 Å². The first kappa shape index (κ1) is 23.8. The molecule has 0 aromatic heterocycles. The van der Waals surface area contributed by atoms with Gasteiger partial charge in [-0.25, -0.2) is 4.39 Å². The second-order valence-electron chi connectivity index (χ2n) is 5.99. The third kappa shape index (κ3) is 9.33. The summed E-state index contributed by atoms with van der Waals surface area (Å²) < 4.78 is 13.0. The van der Waals surface area contributed by atoms with Crippen LogP contribution in [0.15, 0.2) is 24.3 Å². The lowest BCUT2D eigenvalue weighted by molar-refractivity contribution is -0.127. The van der Waals surface area contributed by atoms with Crippen LogP contribution in [-0.4, -0.2) is 43.4 Å². The summed E-state index contributed by atoms with van der Waals surface area (Å²) in [4.78, 5) is 34.9. The third-order valence-electron chi connectivity index (χ3n) is 3.47. The molecule has 0 spiro atoms. The zero-order valence-electron chi connectivity index (χ0n) is 14.9. The maximum absolute atomic E-state index is 13.0. The number of amides is 3. The molecule has 0 saturated heterocycles. The Labute approximate surface area is 158 Å². The SMILES string of the molecule is CC(C)[C@H](N)C(=O)NCC(=O)NCCNC(=O)Cc1cccc(F)c1.Cl. The number of benzene rings is 1. The second kappa shape index (κ2) is 12.2. The molecule has 3 amide bonds. The van der Waals surface area contributed by atoms with Gasteiger partial charge in [0.1, 0.15) is 5.82 Å². The van der Waals surface area contributed by atoms with Gasteiger partial charge in [0, 0.05) is 13.1 Å².